The summed E-state index contributed by atoms with van der Waals surface area (Å²) in [5, 5.41) is 4.93. The number of nitrogens with two attached hydrogens (primary N) is 1. The SMILES string of the molecule is CC(C)(C)OCC(=O)NCCNC(N)=O. The van der Waals surface area contributed by atoms with E-state index in [0.29, 0.717) is 13.1 Å². The highest BCUT2D eigenvalue weighted by atomic mass is 16.5. The van der Waals surface area contributed by atoms with Crippen LogP contribution in [0.5, 0.6) is 0 Å². The predicted octanol–water partition coefficient (Wildman–Crippen LogP) is -0.414. The molecule has 0 unspecified atom stereocenters. The summed E-state index contributed by atoms with van der Waals surface area (Å²) in [5.41, 5.74) is 4.51. The summed E-state index contributed by atoms with van der Waals surface area (Å²) < 4.78 is 5.25. The quantitative estimate of drug-likeness (QED) is 0.546. The van der Waals surface area contributed by atoms with E-state index in [1.54, 1.807) is 0 Å². The maximum atomic E-state index is 11.2. The van der Waals surface area contributed by atoms with Crippen molar-refractivity contribution < 1.29 is 14.3 Å². The molecule has 0 aromatic rings. The number of nitrogens with one attached hydrogen (secondary N) is 2. The Kier molecular flexibility index (Phi) is 5.69. The van der Waals surface area contributed by atoms with Gasteiger partial charge in [0.2, 0.25) is 5.91 Å². The highest BCUT2D eigenvalue weighted by Crippen LogP contribution is 2.05. The van der Waals surface area contributed by atoms with Crippen LogP contribution in [-0.2, 0) is 9.53 Å². The number of carbonyl (C=O) groups is 2. The van der Waals surface area contributed by atoms with Crippen LogP contribution in [0.3, 0.4) is 0 Å². The van der Waals surface area contributed by atoms with Crippen LogP contribution in [0.4, 0.5) is 4.79 Å². The third-order valence-electron chi connectivity index (χ3n) is 1.38. The van der Waals surface area contributed by atoms with Gasteiger partial charge in [-0.2, -0.15) is 0 Å². The zero-order valence-corrected chi connectivity index (χ0v) is 9.42. The number of ether oxygens (including phenoxy) is 1. The van der Waals surface area contributed by atoms with Gasteiger partial charge in [-0.15, -0.1) is 0 Å². The first kappa shape index (κ1) is 13.7. The monoisotopic (exact) mass is 217 g/mol. The molecule has 0 radical (unpaired) electrons. The summed E-state index contributed by atoms with van der Waals surface area (Å²) in [7, 11) is 0. The van der Waals surface area contributed by atoms with E-state index in [0.717, 1.165) is 0 Å². The highest BCUT2D eigenvalue weighted by molar-refractivity contribution is 5.77. The van der Waals surface area contributed by atoms with Gasteiger partial charge in [-0.3, -0.25) is 4.79 Å². The molecular weight excluding hydrogens is 198 g/mol. The van der Waals surface area contributed by atoms with Crippen molar-refractivity contribution in [3.05, 3.63) is 0 Å². The van der Waals surface area contributed by atoms with Crippen LogP contribution in [0.25, 0.3) is 0 Å². The van der Waals surface area contributed by atoms with Crippen molar-refractivity contribution in [2.75, 3.05) is 19.7 Å². The Bertz CT molecular complexity index is 223. The van der Waals surface area contributed by atoms with E-state index in [9.17, 15) is 9.59 Å². The molecule has 0 aliphatic rings. The number of urea groups is 1. The molecule has 3 amide bonds. The Balaban J connectivity index is 3.46. The molecule has 0 bridgehead atoms. The molecule has 0 aliphatic heterocycles. The van der Waals surface area contributed by atoms with Crippen LogP contribution in [0.1, 0.15) is 20.8 Å². The molecule has 0 atom stereocenters. The van der Waals surface area contributed by atoms with Gasteiger partial charge in [-0.1, -0.05) is 0 Å². The summed E-state index contributed by atoms with van der Waals surface area (Å²) >= 11 is 0. The van der Waals surface area contributed by atoms with Gasteiger partial charge in [0, 0.05) is 13.1 Å². The molecule has 0 fully saturated rings. The molecule has 0 rings (SSSR count). The maximum Gasteiger partial charge on any atom is 0.312 e. The first-order valence-electron chi connectivity index (χ1n) is 4.75. The molecule has 88 valence electrons. The topological polar surface area (TPSA) is 93.4 Å². The van der Waals surface area contributed by atoms with Crippen LogP contribution >= 0.6 is 0 Å². The number of carbonyl (C=O) groups excluding carboxylic acids is 2. The summed E-state index contributed by atoms with van der Waals surface area (Å²) in [6.45, 7) is 6.28. The fraction of sp³-hybridized carbons (Fsp3) is 0.778. The van der Waals surface area contributed by atoms with Crippen molar-refractivity contribution >= 4 is 11.9 Å². The molecular formula is C9H19N3O3. The van der Waals surface area contributed by atoms with Gasteiger partial charge in [0.15, 0.2) is 0 Å². The average Bonchev–Trinajstić information content (AvgIpc) is 2.07. The second-order valence-electron chi connectivity index (χ2n) is 4.04. The molecule has 4 N–H and O–H groups in total. The number of hydrogen-bond donors (Lipinski definition) is 3. The molecule has 0 spiro atoms. The summed E-state index contributed by atoms with van der Waals surface area (Å²) in [5.74, 6) is -0.212. The van der Waals surface area contributed by atoms with Crippen molar-refractivity contribution in [2.45, 2.75) is 26.4 Å². The van der Waals surface area contributed by atoms with E-state index in [2.05, 4.69) is 10.6 Å². The van der Waals surface area contributed by atoms with Gasteiger partial charge < -0.3 is 21.1 Å². The molecule has 0 aromatic heterocycles. The largest absolute Gasteiger partial charge is 0.366 e. The van der Waals surface area contributed by atoms with Crippen molar-refractivity contribution in [3.8, 4) is 0 Å². The maximum absolute atomic E-state index is 11.2. The van der Waals surface area contributed by atoms with Gasteiger partial charge >= 0.3 is 6.03 Å². The third kappa shape index (κ3) is 10.6. The van der Waals surface area contributed by atoms with Crippen molar-refractivity contribution in [3.63, 3.8) is 0 Å². The fourth-order valence-electron chi connectivity index (χ4n) is 0.721. The van der Waals surface area contributed by atoms with Crippen LogP contribution in [0.15, 0.2) is 0 Å². The summed E-state index contributed by atoms with van der Waals surface area (Å²) in [4.78, 5) is 21.4. The lowest BCUT2D eigenvalue weighted by atomic mass is 10.2. The summed E-state index contributed by atoms with van der Waals surface area (Å²) in [6, 6.07) is -0.602. The zero-order valence-electron chi connectivity index (χ0n) is 9.42. The second kappa shape index (κ2) is 6.23. The Hall–Kier alpha value is -1.30. The van der Waals surface area contributed by atoms with E-state index < -0.39 is 6.03 Å². The molecule has 15 heavy (non-hydrogen) atoms. The molecule has 0 saturated heterocycles. The minimum Gasteiger partial charge on any atom is -0.366 e. The fourth-order valence-corrected chi connectivity index (χ4v) is 0.721. The molecule has 0 saturated carbocycles. The van der Waals surface area contributed by atoms with Crippen molar-refractivity contribution in [2.24, 2.45) is 5.73 Å². The number of amides is 3. The number of primary amides is 1. The number of hydrogen-bond acceptors (Lipinski definition) is 3. The Morgan fingerprint density at radius 3 is 2.20 bits per heavy atom. The predicted molar refractivity (Wildman–Crippen MR) is 56.3 cm³/mol. The molecule has 0 aliphatic carbocycles. The lowest BCUT2D eigenvalue weighted by molar-refractivity contribution is -0.130. The lowest BCUT2D eigenvalue weighted by Crippen LogP contribution is -2.39. The molecule has 0 aromatic carbocycles. The lowest BCUT2D eigenvalue weighted by Gasteiger charge is -2.18. The standard InChI is InChI=1S/C9H19N3O3/c1-9(2,3)15-6-7(13)11-4-5-12-8(10)14/h4-6H2,1-3H3,(H,11,13)(H3,10,12,14). The summed E-state index contributed by atoms with van der Waals surface area (Å²) in [6.07, 6.45) is 0. The van der Waals surface area contributed by atoms with E-state index in [-0.39, 0.29) is 18.1 Å². The van der Waals surface area contributed by atoms with E-state index >= 15 is 0 Å². The number of rotatable bonds is 5. The smallest absolute Gasteiger partial charge is 0.312 e. The zero-order chi connectivity index (χ0) is 11.9. The third-order valence-corrected chi connectivity index (χ3v) is 1.38. The Morgan fingerprint density at radius 1 is 1.20 bits per heavy atom. The minimum atomic E-state index is -0.602. The molecule has 6 heteroatoms. The van der Waals surface area contributed by atoms with Crippen molar-refractivity contribution in [1.29, 1.82) is 0 Å². The van der Waals surface area contributed by atoms with E-state index in [1.165, 1.54) is 0 Å². The molecule has 6 nitrogen and oxygen atoms in total. The van der Waals surface area contributed by atoms with Gasteiger partial charge in [-0.05, 0) is 20.8 Å². The Morgan fingerprint density at radius 2 is 1.73 bits per heavy atom. The first-order chi connectivity index (χ1) is 6.81. The van der Waals surface area contributed by atoms with Gasteiger partial charge in [0.1, 0.15) is 6.61 Å². The van der Waals surface area contributed by atoms with E-state index in [1.807, 2.05) is 20.8 Å². The second-order valence-corrected chi connectivity index (χ2v) is 4.04. The van der Waals surface area contributed by atoms with Crippen LogP contribution in [0.2, 0.25) is 0 Å². The van der Waals surface area contributed by atoms with Gasteiger partial charge in [0.05, 0.1) is 5.60 Å². The average molecular weight is 217 g/mol. The van der Waals surface area contributed by atoms with E-state index in [4.69, 9.17) is 10.5 Å². The highest BCUT2D eigenvalue weighted by Gasteiger charge is 2.12. The first-order valence-corrected chi connectivity index (χ1v) is 4.75. The molecule has 0 heterocycles. The van der Waals surface area contributed by atoms with Crippen LogP contribution in [0, 0.1) is 0 Å². The van der Waals surface area contributed by atoms with Crippen molar-refractivity contribution in [1.82, 2.24) is 10.6 Å². The van der Waals surface area contributed by atoms with Crippen LogP contribution < -0.4 is 16.4 Å². The van der Waals surface area contributed by atoms with Gasteiger partial charge in [-0.25, -0.2) is 4.79 Å². The minimum absolute atomic E-state index is 0.0140. The normalized spacial score (nSPS) is 10.9. The Labute approximate surface area is 89.5 Å². The van der Waals surface area contributed by atoms with Gasteiger partial charge in [0.25, 0.3) is 0 Å². The van der Waals surface area contributed by atoms with Crippen LogP contribution in [-0.4, -0.2) is 37.2 Å².